The average molecular weight is 328 g/mol. The molecule has 0 unspecified atom stereocenters. The highest BCUT2D eigenvalue weighted by Gasteiger charge is 2.40. The van der Waals surface area contributed by atoms with Crippen LogP contribution in [-0.2, 0) is 19.0 Å². The molecule has 0 amide bonds. The zero-order valence-corrected chi connectivity index (χ0v) is 13.6. The van der Waals surface area contributed by atoms with Crippen LogP contribution in [-0.4, -0.2) is 10.7 Å². The van der Waals surface area contributed by atoms with E-state index in [0.717, 1.165) is 19.3 Å². The Morgan fingerprint density at radius 3 is 2.73 bits per heavy atom. The largest absolute Gasteiger partial charge is 0.418 e. The lowest BCUT2D eigenvalue weighted by molar-refractivity contribution is -0.138. The van der Waals surface area contributed by atoms with Gasteiger partial charge in [-0.3, -0.25) is 0 Å². The number of nitrogens with zero attached hydrogens (tertiary/aromatic N) is 2. The van der Waals surface area contributed by atoms with Crippen molar-refractivity contribution in [3.63, 3.8) is 0 Å². The fourth-order valence-corrected chi connectivity index (χ4v) is 3.84. The summed E-state index contributed by atoms with van der Waals surface area (Å²) in [5, 5.41) is 9.53. The molecule has 1 heterocycles. The SMILES string of the molecule is CCCCSc1nc2c(c(C(F)(F)F)c1C#N)C[C@@H](C)CC2. The van der Waals surface area contributed by atoms with E-state index in [1.54, 1.807) is 6.07 Å². The fraction of sp³-hybridized carbons (Fsp3) is 0.625. The number of pyridine rings is 1. The maximum absolute atomic E-state index is 13.5. The van der Waals surface area contributed by atoms with Gasteiger partial charge in [-0.25, -0.2) is 4.98 Å². The van der Waals surface area contributed by atoms with Gasteiger partial charge in [0.2, 0.25) is 0 Å². The van der Waals surface area contributed by atoms with Gasteiger partial charge in [-0.1, -0.05) is 20.3 Å². The van der Waals surface area contributed by atoms with Crippen LogP contribution in [0.3, 0.4) is 0 Å². The average Bonchev–Trinajstić information content (AvgIpc) is 2.45. The fourth-order valence-electron chi connectivity index (χ4n) is 2.74. The maximum Gasteiger partial charge on any atom is 0.418 e. The third kappa shape index (κ3) is 3.57. The molecule has 2 rings (SSSR count). The maximum atomic E-state index is 13.5. The van der Waals surface area contributed by atoms with Gasteiger partial charge in [0.15, 0.2) is 0 Å². The minimum Gasteiger partial charge on any atom is -0.245 e. The molecule has 0 bridgehead atoms. The van der Waals surface area contributed by atoms with Crippen LogP contribution >= 0.6 is 11.8 Å². The van der Waals surface area contributed by atoms with Crippen molar-refractivity contribution in [2.24, 2.45) is 5.92 Å². The molecule has 0 aliphatic heterocycles. The summed E-state index contributed by atoms with van der Waals surface area (Å²) in [6, 6.07) is 1.76. The molecule has 0 spiro atoms. The van der Waals surface area contributed by atoms with E-state index in [9.17, 15) is 18.4 Å². The predicted molar refractivity (Wildman–Crippen MR) is 80.8 cm³/mol. The molecule has 6 heteroatoms. The van der Waals surface area contributed by atoms with Crippen LogP contribution in [0.15, 0.2) is 5.03 Å². The van der Waals surface area contributed by atoms with Crippen LogP contribution in [0.5, 0.6) is 0 Å². The van der Waals surface area contributed by atoms with E-state index in [4.69, 9.17) is 0 Å². The smallest absolute Gasteiger partial charge is 0.245 e. The molecule has 1 aromatic rings. The first kappa shape index (κ1) is 17.1. The summed E-state index contributed by atoms with van der Waals surface area (Å²) in [4.78, 5) is 4.40. The summed E-state index contributed by atoms with van der Waals surface area (Å²) in [5.41, 5.74) is -0.266. The number of fused-ring (bicyclic) bond motifs is 1. The van der Waals surface area contributed by atoms with Gasteiger partial charge in [-0.15, -0.1) is 11.8 Å². The quantitative estimate of drug-likeness (QED) is 0.577. The highest BCUT2D eigenvalue weighted by Crippen LogP contribution is 2.41. The number of alkyl halides is 3. The Balaban J connectivity index is 2.56. The molecule has 0 saturated heterocycles. The van der Waals surface area contributed by atoms with Crippen molar-refractivity contribution in [1.82, 2.24) is 4.98 Å². The lowest BCUT2D eigenvalue weighted by atomic mass is 9.84. The Morgan fingerprint density at radius 2 is 2.14 bits per heavy atom. The lowest BCUT2D eigenvalue weighted by Gasteiger charge is -2.26. The van der Waals surface area contributed by atoms with Crippen molar-refractivity contribution >= 4 is 11.8 Å². The summed E-state index contributed by atoms with van der Waals surface area (Å²) in [5.74, 6) is 0.880. The molecule has 2 nitrogen and oxygen atoms in total. The van der Waals surface area contributed by atoms with E-state index >= 15 is 0 Å². The Labute approximate surface area is 133 Å². The van der Waals surface area contributed by atoms with Gasteiger partial charge in [-0.2, -0.15) is 18.4 Å². The molecular weight excluding hydrogens is 309 g/mol. The monoisotopic (exact) mass is 328 g/mol. The van der Waals surface area contributed by atoms with Crippen molar-refractivity contribution in [1.29, 1.82) is 5.26 Å². The van der Waals surface area contributed by atoms with Crippen molar-refractivity contribution < 1.29 is 13.2 Å². The summed E-state index contributed by atoms with van der Waals surface area (Å²) >= 11 is 1.27. The molecule has 1 atom stereocenters. The van der Waals surface area contributed by atoms with Crippen LogP contribution in [0.4, 0.5) is 13.2 Å². The molecule has 0 saturated carbocycles. The number of aromatic nitrogens is 1. The Morgan fingerprint density at radius 1 is 1.41 bits per heavy atom. The predicted octanol–water partition coefficient (Wildman–Crippen LogP) is 4.99. The second kappa shape index (κ2) is 6.91. The number of rotatable bonds is 4. The first-order valence-corrected chi connectivity index (χ1v) is 8.52. The van der Waals surface area contributed by atoms with Crippen LogP contribution < -0.4 is 0 Å². The number of halogens is 3. The number of hydrogen-bond acceptors (Lipinski definition) is 3. The van der Waals surface area contributed by atoms with Crippen LogP contribution in [0.2, 0.25) is 0 Å². The Kier molecular flexibility index (Phi) is 5.38. The summed E-state index contributed by atoms with van der Waals surface area (Å²) in [6.07, 6.45) is -0.883. The third-order valence-electron chi connectivity index (χ3n) is 3.91. The van der Waals surface area contributed by atoms with Gasteiger partial charge >= 0.3 is 6.18 Å². The van der Waals surface area contributed by atoms with E-state index in [2.05, 4.69) is 4.98 Å². The molecular formula is C16H19F3N2S. The lowest BCUT2D eigenvalue weighted by Crippen LogP contribution is -2.22. The molecule has 0 radical (unpaired) electrons. The van der Waals surface area contributed by atoms with Gasteiger partial charge in [0, 0.05) is 5.69 Å². The second-order valence-electron chi connectivity index (χ2n) is 5.75. The van der Waals surface area contributed by atoms with Crippen LogP contribution in [0.25, 0.3) is 0 Å². The first-order chi connectivity index (χ1) is 10.4. The standard InChI is InChI=1S/C16H19F3N2S/c1-3-4-7-22-15-12(9-20)14(16(17,18)19)11-8-10(2)5-6-13(11)21-15/h10H,3-8H2,1-2H3/t10-/m0/s1. The molecule has 120 valence electrons. The third-order valence-corrected chi connectivity index (χ3v) is 4.97. The zero-order chi connectivity index (χ0) is 16.3. The van der Waals surface area contributed by atoms with E-state index in [-0.39, 0.29) is 22.1 Å². The first-order valence-electron chi connectivity index (χ1n) is 7.54. The molecule has 1 aliphatic rings. The van der Waals surface area contributed by atoms with Crippen LogP contribution in [0, 0.1) is 17.2 Å². The topological polar surface area (TPSA) is 36.7 Å². The van der Waals surface area contributed by atoms with Gasteiger partial charge in [0.1, 0.15) is 11.1 Å². The normalized spacial score (nSPS) is 17.9. The number of thioether (sulfide) groups is 1. The number of hydrogen-bond donors (Lipinski definition) is 0. The van der Waals surface area contributed by atoms with Crippen LogP contribution in [0.1, 0.15) is 55.5 Å². The summed E-state index contributed by atoms with van der Waals surface area (Å²) in [7, 11) is 0. The second-order valence-corrected chi connectivity index (χ2v) is 6.84. The molecule has 0 N–H and O–H groups in total. The van der Waals surface area contributed by atoms with Crippen molar-refractivity contribution in [3.8, 4) is 6.07 Å². The van der Waals surface area contributed by atoms with E-state index in [1.807, 2.05) is 13.8 Å². The number of unbranched alkanes of at least 4 members (excludes halogenated alkanes) is 1. The number of nitriles is 1. The van der Waals surface area contributed by atoms with Gasteiger partial charge < -0.3 is 0 Å². The van der Waals surface area contributed by atoms with Gasteiger partial charge in [-0.05, 0) is 42.9 Å². The minimum atomic E-state index is -4.50. The highest BCUT2D eigenvalue weighted by molar-refractivity contribution is 7.99. The molecule has 1 aliphatic carbocycles. The Bertz CT molecular complexity index is 591. The van der Waals surface area contributed by atoms with Gasteiger partial charge in [0.25, 0.3) is 0 Å². The molecule has 0 fully saturated rings. The van der Waals surface area contributed by atoms with E-state index in [0.29, 0.717) is 24.3 Å². The van der Waals surface area contributed by atoms with E-state index < -0.39 is 11.7 Å². The molecule has 22 heavy (non-hydrogen) atoms. The number of aryl methyl sites for hydroxylation is 1. The zero-order valence-electron chi connectivity index (χ0n) is 12.8. The molecule has 1 aromatic heterocycles. The highest BCUT2D eigenvalue weighted by atomic mass is 32.2. The van der Waals surface area contributed by atoms with Crippen molar-refractivity contribution in [2.75, 3.05) is 5.75 Å². The van der Waals surface area contributed by atoms with Gasteiger partial charge in [0.05, 0.1) is 11.1 Å². The van der Waals surface area contributed by atoms with E-state index in [1.165, 1.54) is 11.8 Å². The summed E-state index contributed by atoms with van der Waals surface area (Å²) in [6.45, 7) is 3.97. The Hall–Kier alpha value is -1.22. The minimum absolute atomic E-state index is 0.195. The summed E-state index contributed by atoms with van der Waals surface area (Å²) < 4.78 is 40.6. The molecule has 0 aromatic carbocycles. The van der Waals surface area contributed by atoms with Crippen molar-refractivity contribution in [2.45, 2.75) is 57.2 Å². The van der Waals surface area contributed by atoms with Crippen molar-refractivity contribution in [3.05, 3.63) is 22.4 Å².